The number of carboxylic acids is 1. The molecule has 0 unspecified atom stereocenters. The second kappa shape index (κ2) is 4.94. The van der Waals surface area contributed by atoms with E-state index in [1.165, 1.54) is 12.3 Å². The van der Waals surface area contributed by atoms with E-state index in [2.05, 4.69) is 26.0 Å². The molecule has 2 rings (SSSR count). The highest BCUT2D eigenvalue weighted by atomic mass is 79.9. The van der Waals surface area contributed by atoms with Crippen molar-refractivity contribution in [1.29, 1.82) is 0 Å². The van der Waals surface area contributed by atoms with E-state index in [0.717, 1.165) is 10.9 Å². The maximum Gasteiger partial charge on any atom is 0.363 e. The second-order valence-electron chi connectivity index (χ2n) is 3.33. The van der Waals surface area contributed by atoms with E-state index in [0.29, 0.717) is 9.50 Å². The molecule has 0 spiro atoms. The summed E-state index contributed by atoms with van der Waals surface area (Å²) in [5.74, 6) is -1.30. The molecule has 0 saturated heterocycles. The summed E-state index contributed by atoms with van der Waals surface area (Å²) < 4.78 is 1.43. The van der Waals surface area contributed by atoms with E-state index in [1.807, 2.05) is 0 Å². The molecule has 19 heavy (non-hydrogen) atoms. The third kappa shape index (κ3) is 2.56. The SMILES string of the molecule is O=C(O)c1nn(-c2ncc(Cl)cc2Br)cc1[N+](=O)[O-]. The van der Waals surface area contributed by atoms with Crippen LogP contribution in [0.3, 0.4) is 0 Å². The van der Waals surface area contributed by atoms with Gasteiger partial charge in [-0.05, 0) is 22.0 Å². The smallest absolute Gasteiger partial charge is 0.363 e. The third-order valence-corrected chi connectivity index (χ3v) is 2.89. The van der Waals surface area contributed by atoms with Gasteiger partial charge in [0, 0.05) is 6.20 Å². The van der Waals surface area contributed by atoms with E-state index >= 15 is 0 Å². The number of carbonyl (C=O) groups is 1. The minimum atomic E-state index is -1.49. The molecule has 0 aromatic carbocycles. The fourth-order valence-corrected chi connectivity index (χ4v) is 2.16. The average Bonchev–Trinajstić information content (AvgIpc) is 2.73. The van der Waals surface area contributed by atoms with Gasteiger partial charge in [-0.3, -0.25) is 10.1 Å². The van der Waals surface area contributed by atoms with Crippen molar-refractivity contribution in [2.75, 3.05) is 0 Å². The molecule has 0 atom stereocenters. The number of aromatic nitrogens is 3. The van der Waals surface area contributed by atoms with Gasteiger partial charge >= 0.3 is 11.7 Å². The molecular formula is C9H4BrClN4O4. The van der Waals surface area contributed by atoms with Crippen molar-refractivity contribution in [2.45, 2.75) is 0 Å². The molecule has 2 aromatic heterocycles. The summed E-state index contributed by atoms with van der Waals surface area (Å²) in [6.45, 7) is 0. The van der Waals surface area contributed by atoms with Crippen molar-refractivity contribution in [3.8, 4) is 5.82 Å². The molecule has 1 N–H and O–H groups in total. The maximum absolute atomic E-state index is 10.9. The van der Waals surface area contributed by atoms with Crippen LogP contribution in [0.1, 0.15) is 10.5 Å². The molecule has 0 aliphatic heterocycles. The number of nitrogens with zero attached hydrogens (tertiary/aromatic N) is 4. The Kier molecular flexibility index (Phi) is 3.49. The number of hydrogen-bond acceptors (Lipinski definition) is 5. The van der Waals surface area contributed by atoms with Crippen LogP contribution in [0.15, 0.2) is 22.9 Å². The topological polar surface area (TPSA) is 111 Å². The average molecular weight is 348 g/mol. The molecule has 0 radical (unpaired) electrons. The first-order valence-electron chi connectivity index (χ1n) is 4.69. The van der Waals surface area contributed by atoms with E-state index in [9.17, 15) is 14.9 Å². The van der Waals surface area contributed by atoms with Gasteiger partial charge in [-0.25, -0.2) is 14.5 Å². The van der Waals surface area contributed by atoms with Crippen molar-refractivity contribution in [3.63, 3.8) is 0 Å². The molecule has 0 fully saturated rings. The van der Waals surface area contributed by atoms with Gasteiger partial charge in [0.15, 0.2) is 5.82 Å². The summed E-state index contributed by atoms with van der Waals surface area (Å²) >= 11 is 8.88. The normalized spacial score (nSPS) is 10.4. The fourth-order valence-electron chi connectivity index (χ4n) is 1.34. The van der Waals surface area contributed by atoms with Gasteiger partial charge in [0.1, 0.15) is 6.20 Å². The van der Waals surface area contributed by atoms with E-state index in [1.54, 1.807) is 0 Å². The molecule has 98 valence electrons. The highest BCUT2D eigenvalue weighted by molar-refractivity contribution is 9.10. The molecule has 0 saturated carbocycles. The highest BCUT2D eigenvalue weighted by Crippen LogP contribution is 2.25. The minimum Gasteiger partial charge on any atom is -0.476 e. The Morgan fingerprint density at radius 3 is 2.74 bits per heavy atom. The zero-order valence-electron chi connectivity index (χ0n) is 8.95. The van der Waals surface area contributed by atoms with Gasteiger partial charge in [-0.15, -0.1) is 0 Å². The molecule has 0 amide bonds. The zero-order valence-corrected chi connectivity index (χ0v) is 11.3. The Bertz CT molecular complexity index is 655. The van der Waals surface area contributed by atoms with Crippen LogP contribution in [0.4, 0.5) is 5.69 Å². The Morgan fingerprint density at radius 1 is 1.58 bits per heavy atom. The van der Waals surface area contributed by atoms with Crippen LogP contribution in [0.25, 0.3) is 5.82 Å². The van der Waals surface area contributed by atoms with Crippen LogP contribution in [-0.4, -0.2) is 30.8 Å². The van der Waals surface area contributed by atoms with Gasteiger partial charge in [-0.1, -0.05) is 11.6 Å². The van der Waals surface area contributed by atoms with Crippen molar-refractivity contribution in [3.05, 3.63) is 43.8 Å². The molecular weight excluding hydrogens is 343 g/mol. The molecule has 0 bridgehead atoms. The zero-order chi connectivity index (χ0) is 14.2. The van der Waals surface area contributed by atoms with Gasteiger partial charge in [0.05, 0.1) is 14.4 Å². The van der Waals surface area contributed by atoms with Crippen molar-refractivity contribution >= 4 is 39.2 Å². The van der Waals surface area contributed by atoms with Crippen molar-refractivity contribution < 1.29 is 14.8 Å². The van der Waals surface area contributed by atoms with Crippen LogP contribution in [-0.2, 0) is 0 Å². The fraction of sp³-hybridized carbons (Fsp3) is 0. The minimum absolute atomic E-state index is 0.194. The van der Waals surface area contributed by atoms with E-state index < -0.39 is 22.3 Å². The van der Waals surface area contributed by atoms with Gasteiger partial charge in [0.25, 0.3) is 0 Å². The lowest BCUT2D eigenvalue weighted by molar-refractivity contribution is -0.385. The standard InChI is InChI=1S/C9H4BrClN4O4/c10-5-1-4(11)2-12-8(5)14-3-6(15(18)19)7(13-14)9(16)17/h1-3H,(H,16,17). The number of halogens is 2. The van der Waals surface area contributed by atoms with Crippen LogP contribution < -0.4 is 0 Å². The first-order chi connectivity index (χ1) is 8.90. The molecule has 8 nitrogen and oxygen atoms in total. The number of rotatable bonds is 3. The quantitative estimate of drug-likeness (QED) is 0.673. The van der Waals surface area contributed by atoms with Crippen LogP contribution in [0.5, 0.6) is 0 Å². The Morgan fingerprint density at radius 2 is 2.26 bits per heavy atom. The number of hydrogen-bond donors (Lipinski definition) is 1. The van der Waals surface area contributed by atoms with Crippen molar-refractivity contribution in [1.82, 2.24) is 14.8 Å². The molecule has 0 aliphatic carbocycles. The van der Waals surface area contributed by atoms with E-state index in [4.69, 9.17) is 16.7 Å². The summed E-state index contributed by atoms with van der Waals surface area (Å²) in [5, 5.41) is 23.6. The van der Waals surface area contributed by atoms with E-state index in [-0.39, 0.29) is 5.82 Å². The summed E-state index contributed by atoms with van der Waals surface area (Å²) in [4.78, 5) is 24.7. The summed E-state index contributed by atoms with van der Waals surface area (Å²) in [5.41, 5.74) is -1.27. The number of pyridine rings is 1. The van der Waals surface area contributed by atoms with Crippen molar-refractivity contribution in [2.24, 2.45) is 0 Å². The molecule has 2 heterocycles. The highest BCUT2D eigenvalue weighted by Gasteiger charge is 2.26. The lowest BCUT2D eigenvalue weighted by atomic mass is 10.4. The Labute approximate surface area is 118 Å². The van der Waals surface area contributed by atoms with Crippen LogP contribution in [0.2, 0.25) is 5.02 Å². The molecule has 10 heteroatoms. The first-order valence-corrected chi connectivity index (χ1v) is 5.86. The number of nitro groups is 1. The lowest BCUT2D eigenvalue weighted by Gasteiger charge is -2.02. The summed E-state index contributed by atoms with van der Waals surface area (Å²) in [6, 6.07) is 1.51. The number of aromatic carboxylic acids is 1. The van der Waals surface area contributed by atoms with Gasteiger partial charge in [-0.2, -0.15) is 5.10 Å². The Hall–Kier alpha value is -2.00. The molecule has 2 aromatic rings. The van der Waals surface area contributed by atoms with Crippen LogP contribution >= 0.6 is 27.5 Å². The van der Waals surface area contributed by atoms with Gasteiger partial charge in [0.2, 0.25) is 5.69 Å². The monoisotopic (exact) mass is 346 g/mol. The molecule has 0 aliphatic rings. The predicted molar refractivity (Wildman–Crippen MR) is 67.7 cm³/mol. The van der Waals surface area contributed by atoms with Crippen LogP contribution in [0, 0.1) is 10.1 Å². The third-order valence-electron chi connectivity index (χ3n) is 2.10. The summed E-state index contributed by atoms with van der Waals surface area (Å²) in [6.07, 6.45) is 2.29. The summed E-state index contributed by atoms with van der Waals surface area (Å²) in [7, 11) is 0. The maximum atomic E-state index is 10.9. The van der Waals surface area contributed by atoms with Gasteiger partial charge < -0.3 is 5.11 Å². The number of carboxylic acid groups (broad SMARTS) is 1. The predicted octanol–water partition coefficient (Wildman–Crippen LogP) is 2.29. The Balaban J connectivity index is 2.60. The largest absolute Gasteiger partial charge is 0.476 e. The lowest BCUT2D eigenvalue weighted by Crippen LogP contribution is -2.04. The second-order valence-corrected chi connectivity index (χ2v) is 4.62. The first kappa shape index (κ1) is 13.4.